The summed E-state index contributed by atoms with van der Waals surface area (Å²) in [5.74, 6) is -1.73. The number of carbonyl (C=O) groups is 2. The number of ketones is 1. The molecule has 6 nitrogen and oxygen atoms in total. The van der Waals surface area contributed by atoms with Gasteiger partial charge in [0.25, 0.3) is 5.89 Å². The van der Waals surface area contributed by atoms with E-state index in [0.717, 1.165) is 0 Å². The van der Waals surface area contributed by atoms with Crippen molar-refractivity contribution in [1.82, 2.24) is 10.2 Å². The molecule has 0 N–H and O–H groups in total. The van der Waals surface area contributed by atoms with E-state index in [1.54, 1.807) is 37.3 Å². The number of ether oxygens (including phenoxy) is 1. The molecule has 2 aromatic rings. The van der Waals surface area contributed by atoms with Gasteiger partial charge < -0.3 is 9.15 Å². The molecule has 2 rings (SSSR count). The predicted molar refractivity (Wildman–Crippen MR) is 60.1 cm³/mol. The van der Waals surface area contributed by atoms with E-state index in [-0.39, 0.29) is 18.4 Å². The van der Waals surface area contributed by atoms with E-state index in [2.05, 4.69) is 14.9 Å². The number of esters is 1. The molecule has 0 atom stereocenters. The minimum Gasteiger partial charge on any atom is -0.459 e. The second-order valence-corrected chi connectivity index (χ2v) is 3.33. The maximum atomic E-state index is 11.9. The van der Waals surface area contributed by atoms with Crippen LogP contribution in [0.15, 0.2) is 34.7 Å². The third kappa shape index (κ3) is 2.42. The molecule has 0 bridgehead atoms. The van der Waals surface area contributed by atoms with Crippen LogP contribution in [0.3, 0.4) is 0 Å². The second kappa shape index (κ2) is 5.22. The Morgan fingerprint density at radius 2 is 1.83 bits per heavy atom. The standard InChI is InChI=1S/C12H10N2O4/c1-2-17-12(16)11-14-13-10(18-11)9(15)8-6-4-3-5-7-8/h3-7H,2H2,1H3. The first-order valence-electron chi connectivity index (χ1n) is 5.32. The van der Waals surface area contributed by atoms with Gasteiger partial charge in [-0.2, -0.15) is 0 Å². The van der Waals surface area contributed by atoms with Crippen molar-refractivity contribution in [2.24, 2.45) is 0 Å². The Morgan fingerprint density at radius 3 is 2.50 bits per heavy atom. The molecule has 92 valence electrons. The quantitative estimate of drug-likeness (QED) is 0.600. The SMILES string of the molecule is CCOC(=O)c1nnc(C(=O)c2ccccc2)o1. The lowest BCUT2D eigenvalue weighted by atomic mass is 10.1. The van der Waals surface area contributed by atoms with E-state index in [4.69, 9.17) is 4.42 Å². The number of aromatic nitrogens is 2. The van der Waals surface area contributed by atoms with Gasteiger partial charge in [-0.3, -0.25) is 4.79 Å². The number of nitrogens with zero attached hydrogens (tertiary/aromatic N) is 2. The summed E-state index contributed by atoms with van der Waals surface area (Å²) in [6.45, 7) is 1.85. The molecule has 0 saturated heterocycles. The van der Waals surface area contributed by atoms with Gasteiger partial charge in [-0.05, 0) is 6.92 Å². The van der Waals surface area contributed by atoms with Crippen molar-refractivity contribution in [3.05, 3.63) is 47.7 Å². The normalized spacial score (nSPS) is 10.1. The third-order valence-electron chi connectivity index (χ3n) is 2.11. The maximum absolute atomic E-state index is 11.9. The Morgan fingerprint density at radius 1 is 1.17 bits per heavy atom. The topological polar surface area (TPSA) is 82.3 Å². The molecule has 0 aliphatic carbocycles. The number of hydrogen-bond acceptors (Lipinski definition) is 6. The van der Waals surface area contributed by atoms with Gasteiger partial charge in [-0.25, -0.2) is 4.79 Å². The fraction of sp³-hybridized carbons (Fsp3) is 0.167. The summed E-state index contributed by atoms with van der Waals surface area (Å²) in [5.41, 5.74) is 0.413. The second-order valence-electron chi connectivity index (χ2n) is 3.33. The van der Waals surface area contributed by atoms with Gasteiger partial charge in [0.2, 0.25) is 5.78 Å². The molecule has 0 fully saturated rings. The highest BCUT2D eigenvalue weighted by atomic mass is 16.5. The molecule has 18 heavy (non-hydrogen) atoms. The van der Waals surface area contributed by atoms with Gasteiger partial charge in [0.15, 0.2) is 0 Å². The van der Waals surface area contributed by atoms with Crippen molar-refractivity contribution in [2.75, 3.05) is 6.61 Å². The molecule has 0 aliphatic heterocycles. The number of benzene rings is 1. The molecule has 6 heteroatoms. The number of carbonyl (C=O) groups excluding carboxylic acids is 2. The summed E-state index contributed by atoms with van der Waals surface area (Å²) in [6, 6.07) is 8.47. The molecule has 0 aliphatic rings. The Kier molecular flexibility index (Phi) is 3.47. The van der Waals surface area contributed by atoms with Crippen molar-refractivity contribution in [3.8, 4) is 0 Å². The molecule has 1 heterocycles. The fourth-order valence-corrected chi connectivity index (χ4v) is 1.30. The summed E-state index contributed by atoms with van der Waals surface area (Å²) in [4.78, 5) is 23.2. The maximum Gasteiger partial charge on any atom is 0.396 e. The highest BCUT2D eigenvalue weighted by Gasteiger charge is 2.21. The highest BCUT2D eigenvalue weighted by Crippen LogP contribution is 2.09. The van der Waals surface area contributed by atoms with Crippen molar-refractivity contribution in [2.45, 2.75) is 6.92 Å². The van der Waals surface area contributed by atoms with Crippen molar-refractivity contribution < 1.29 is 18.7 Å². The molecule has 0 unspecified atom stereocenters. The zero-order valence-corrected chi connectivity index (χ0v) is 9.62. The minimum atomic E-state index is -0.739. The molecular weight excluding hydrogens is 236 g/mol. The van der Waals surface area contributed by atoms with Crippen LogP contribution in [-0.2, 0) is 4.74 Å². The largest absolute Gasteiger partial charge is 0.459 e. The first-order valence-corrected chi connectivity index (χ1v) is 5.32. The Bertz CT molecular complexity index is 562. The van der Waals surface area contributed by atoms with Crippen molar-refractivity contribution >= 4 is 11.8 Å². The van der Waals surface area contributed by atoms with E-state index in [0.29, 0.717) is 5.56 Å². The van der Waals surface area contributed by atoms with Gasteiger partial charge in [-0.15, -0.1) is 10.2 Å². The van der Waals surface area contributed by atoms with Gasteiger partial charge in [0, 0.05) is 5.56 Å². The molecule has 0 spiro atoms. The smallest absolute Gasteiger partial charge is 0.396 e. The number of hydrogen-bond donors (Lipinski definition) is 0. The molecule has 0 amide bonds. The van der Waals surface area contributed by atoms with E-state index in [1.807, 2.05) is 0 Å². The Labute approximate surface area is 103 Å². The van der Waals surface area contributed by atoms with E-state index >= 15 is 0 Å². The third-order valence-corrected chi connectivity index (χ3v) is 2.11. The monoisotopic (exact) mass is 246 g/mol. The average Bonchev–Trinajstić information content (AvgIpc) is 2.89. The highest BCUT2D eigenvalue weighted by molar-refractivity contribution is 6.06. The van der Waals surface area contributed by atoms with Crippen LogP contribution in [0.1, 0.15) is 33.9 Å². The Hall–Kier alpha value is -2.50. The van der Waals surface area contributed by atoms with Gasteiger partial charge >= 0.3 is 11.9 Å². The molecule has 1 aromatic carbocycles. The summed E-state index contributed by atoms with van der Waals surface area (Å²) >= 11 is 0. The van der Waals surface area contributed by atoms with Gasteiger partial charge in [0.1, 0.15) is 0 Å². The summed E-state index contributed by atoms with van der Waals surface area (Å²) < 4.78 is 9.65. The van der Waals surface area contributed by atoms with E-state index < -0.39 is 11.8 Å². The molecule has 0 radical (unpaired) electrons. The van der Waals surface area contributed by atoms with Crippen LogP contribution in [0.4, 0.5) is 0 Å². The lowest BCUT2D eigenvalue weighted by Gasteiger charge is -1.95. The van der Waals surface area contributed by atoms with Crippen LogP contribution in [0.5, 0.6) is 0 Å². The summed E-state index contributed by atoms with van der Waals surface area (Å²) in [6.07, 6.45) is 0. The fourth-order valence-electron chi connectivity index (χ4n) is 1.30. The van der Waals surface area contributed by atoms with Gasteiger partial charge in [0.05, 0.1) is 6.61 Å². The first kappa shape index (κ1) is 12.0. The lowest BCUT2D eigenvalue weighted by Crippen LogP contribution is -2.04. The van der Waals surface area contributed by atoms with Crippen LogP contribution in [0.2, 0.25) is 0 Å². The molecular formula is C12H10N2O4. The van der Waals surface area contributed by atoms with Gasteiger partial charge in [-0.1, -0.05) is 30.3 Å². The van der Waals surface area contributed by atoms with Crippen molar-refractivity contribution in [1.29, 1.82) is 0 Å². The van der Waals surface area contributed by atoms with Crippen LogP contribution in [0.25, 0.3) is 0 Å². The van der Waals surface area contributed by atoms with Crippen LogP contribution in [-0.4, -0.2) is 28.6 Å². The lowest BCUT2D eigenvalue weighted by molar-refractivity contribution is 0.0479. The Balaban J connectivity index is 2.20. The predicted octanol–water partition coefficient (Wildman–Crippen LogP) is 1.48. The van der Waals surface area contributed by atoms with Crippen LogP contribution >= 0.6 is 0 Å². The summed E-state index contributed by atoms with van der Waals surface area (Å²) in [7, 11) is 0. The van der Waals surface area contributed by atoms with Crippen molar-refractivity contribution in [3.63, 3.8) is 0 Å². The first-order chi connectivity index (χ1) is 8.72. The number of rotatable bonds is 4. The van der Waals surface area contributed by atoms with E-state index in [1.165, 1.54) is 0 Å². The van der Waals surface area contributed by atoms with Crippen LogP contribution in [0, 0.1) is 0 Å². The van der Waals surface area contributed by atoms with E-state index in [9.17, 15) is 9.59 Å². The molecule has 0 saturated carbocycles. The summed E-state index contributed by atoms with van der Waals surface area (Å²) in [5, 5.41) is 7.00. The average molecular weight is 246 g/mol. The zero-order valence-electron chi connectivity index (χ0n) is 9.62. The van der Waals surface area contributed by atoms with Crippen LogP contribution < -0.4 is 0 Å². The molecule has 1 aromatic heterocycles. The minimum absolute atomic E-state index is 0.198. The zero-order chi connectivity index (χ0) is 13.0.